The smallest absolute Gasteiger partial charge is 0.404 e. The lowest BCUT2D eigenvalue weighted by atomic mass is 9.43. The van der Waals surface area contributed by atoms with E-state index in [-0.39, 0.29) is 35.6 Å². The third kappa shape index (κ3) is 6.14. The lowest BCUT2D eigenvalue weighted by molar-refractivity contribution is -0.199. The first kappa shape index (κ1) is 32.1. The SMILES string of the molecule is Cc1ccc(C(=O)NC[C@H](NC(=O)c2cnc3ccccc3n2)C(=O)N[C@@H](CC(C)C)B2O[C@@H]3C[C@H]4C[C@@H](C4(C)C)[C@]3(C)O2)cc1. The molecule has 7 rings (SSSR count). The summed E-state index contributed by atoms with van der Waals surface area (Å²) in [6.45, 7) is 12.8. The number of aromatic nitrogens is 2. The molecular weight excluding hydrogens is 581 g/mol. The molecule has 3 amide bonds. The van der Waals surface area contributed by atoms with Gasteiger partial charge in [-0.1, -0.05) is 57.5 Å². The molecule has 3 aromatic rings. The van der Waals surface area contributed by atoms with Crippen molar-refractivity contribution in [2.75, 3.05) is 6.54 Å². The summed E-state index contributed by atoms with van der Waals surface area (Å²) in [5.74, 6) is -0.603. The van der Waals surface area contributed by atoms with Crippen molar-refractivity contribution in [1.82, 2.24) is 25.9 Å². The minimum absolute atomic E-state index is 0.0309. The molecule has 2 heterocycles. The summed E-state index contributed by atoms with van der Waals surface area (Å²) in [6.07, 6.45) is 4.04. The van der Waals surface area contributed by atoms with Gasteiger partial charge in [-0.3, -0.25) is 19.4 Å². The molecule has 10 nitrogen and oxygen atoms in total. The average molecular weight is 626 g/mol. The Morgan fingerprint density at radius 3 is 2.39 bits per heavy atom. The van der Waals surface area contributed by atoms with Crippen molar-refractivity contribution < 1.29 is 23.7 Å². The van der Waals surface area contributed by atoms with Crippen LogP contribution in [0, 0.1) is 30.1 Å². The van der Waals surface area contributed by atoms with Crippen molar-refractivity contribution in [3.63, 3.8) is 0 Å². The van der Waals surface area contributed by atoms with E-state index >= 15 is 0 Å². The topological polar surface area (TPSA) is 132 Å². The molecule has 6 atom stereocenters. The number of hydrogen-bond donors (Lipinski definition) is 3. The number of aryl methyl sites for hydroxylation is 1. The van der Waals surface area contributed by atoms with Gasteiger partial charge in [-0.2, -0.15) is 0 Å². The fraction of sp³-hybridized carbons (Fsp3) is 0.514. The lowest BCUT2D eigenvalue weighted by Gasteiger charge is -2.64. The van der Waals surface area contributed by atoms with Crippen LogP contribution in [0.5, 0.6) is 0 Å². The van der Waals surface area contributed by atoms with Crippen LogP contribution in [0.3, 0.4) is 0 Å². The van der Waals surface area contributed by atoms with Crippen LogP contribution in [-0.2, 0) is 14.1 Å². The molecule has 4 fully saturated rings. The Labute approximate surface area is 271 Å². The second-order valence-electron chi connectivity index (χ2n) is 14.4. The maximum absolute atomic E-state index is 14.0. The zero-order chi connectivity index (χ0) is 32.8. The molecule has 3 saturated carbocycles. The fourth-order valence-electron chi connectivity index (χ4n) is 7.61. The maximum Gasteiger partial charge on any atom is 0.481 e. The van der Waals surface area contributed by atoms with Crippen LogP contribution < -0.4 is 16.0 Å². The molecule has 0 unspecified atom stereocenters. The fourth-order valence-corrected chi connectivity index (χ4v) is 7.61. The van der Waals surface area contributed by atoms with E-state index in [9.17, 15) is 14.4 Å². The van der Waals surface area contributed by atoms with Crippen LogP contribution in [-0.4, -0.2) is 65.0 Å². The van der Waals surface area contributed by atoms with E-state index in [1.807, 2.05) is 37.3 Å². The van der Waals surface area contributed by atoms with Crippen molar-refractivity contribution in [3.8, 4) is 0 Å². The molecule has 2 bridgehead atoms. The Morgan fingerprint density at radius 2 is 1.70 bits per heavy atom. The number of amides is 3. The van der Waals surface area contributed by atoms with Gasteiger partial charge in [0.25, 0.3) is 11.8 Å². The second-order valence-corrected chi connectivity index (χ2v) is 14.4. The molecule has 3 N–H and O–H groups in total. The third-order valence-corrected chi connectivity index (χ3v) is 10.4. The predicted molar refractivity (Wildman–Crippen MR) is 176 cm³/mol. The van der Waals surface area contributed by atoms with Crippen LogP contribution in [0.25, 0.3) is 11.0 Å². The number of hydrogen-bond acceptors (Lipinski definition) is 7. The number of fused-ring (bicyclic) bond motifs is 1. The van der Waals surface area contributed by atoms with Gasteiger partial charge in [0.1, 0.15) is 11.7 Å². The Morgan fingerprint density at radius 1 is 0.978 bits per heavy atom. The lowest BCUT2D eigenvalue weighted by Crippen LogP contribution is -2.65. The van der Waals surface area contributed by atoms with Gasteiger partial charge in [-0.05, 0) is 80.5 Å². The predicted octanol–water partition coefficient (Wildman–Crippen LogP) is 4.27. The van der Waals surface area contributed by atoms with Crippen LogP contribution in [0.1, 0.15) is 80.3 Å². The molecule has 1 saturated heterocycles. The second kappa shape index (κ2) is 12.4. The van der Waals surface area contributed by atoms with Crippen LogP contribution in [0.15, 0.2) is 54.7 Å². The first-order valence-corrected chi connectivity index (χ1v) is 16.4. The van der Waals surface area contributed by atoms with E-state index in [0.717, 1.165) is 18.4 Å². The van der Waals surface area contributed by atoms with E-state index in [4.69, 9.17) is 9.31 Å². The molecule has 46 heavy (non-hydrogen) atoms. The Balaban J connectivity index is 1.21. The summed E-state index contributed by atoms with van der Waals surface area (Å²) in [7, 11) is -0.624. The van der Waals surface area contributed by atoms with Crippen molar-refractivity contribution in [3.05, 3.63) is 71.5 Å². The maximum atomic E-state index is 14.0. The molecule has 2 aromatic carbocycles. The van der Waals surface area contributed by atoms with Crippen molar-refractivity contribution in [1.29, 1.82) is 0 Å². The molecule has 0 radical (unpaired) electrons. The Kier molecular flexibility index (Phi) is 8.67. The molecule has 0 spiro atoms. The van der Waals surface area contributed by atoms with E-state index in [1.54, 1.807) is 18.2 Å². The summed E-state index contributed by atoms with van der Waals surface area (Å²) in [4.78, 5) is 49.2. The van der Waals surface area contributed by atoms with Crippen LogP contribution in [0.4, 0.5) is 0 Å². The molecule has 242 valence electrons. The van der Waals surface area contributed by atoms with Crippen molar-refractivity contribution in [2.45, 2.75) is 84.5 Å². The number of benzene rings is 2. The highest BCUT2D eigenvalue weighted by molar-refractivity contribution is 6.48. The number of nitrogens with zero attached hydrogens (tertiary/aromatic N) is 2. The summed E-state index contributed by atoms with van der Waals surface area (Å²) in [5, 5.41) is 8.75. The summed E-state index contributed by atoms with van der Waals surface area (Å²) in [5.41, 5.74) is 2.54. The molecule has 1 aliphatic heterocycles. The summed E-state index contributed by atoms with van der Waals surface area (Å²) < 4.78 is 13.3. The Hall–Kier alpha value is -3.83. The van der Waals surface area contributed by atoms with Crippen LogP contribution >= 0.6 is 0 Å². The molecule has 1 aromatic heterocycles. The normalized spacial score (nSPS) is 25.7. The van der Waals surface area contributed by atoms with E-state index in [2.05, 4.69) is 60.5 Å². The highest BCUT2D eigenvalue weighted by atomic mass is 16.7. The first-order valence-electron chi connectivity index (χ1n) is 16.4. The molecular formula is C35H44BN5O5. The standard InChI is InChI=1S/C35H44BN5O5/c1-20(2)15-30(36-45-29-17-23-16-28(34(23,4)5)35(29,6)46-36)41-33(44)27(19-38-31(42)22-13-11-21(3)12-14-22)40-32(43)26-18-37-24-9-7-8-10-25(24)39-26/h7-14,18,20,23,27-30H,15-17,19H2,1-6H3,(H,38,42)(H,40,43)(H,41,44)/t23-,27+,28+,29-,30+,35+/m1/s1. The quantitative estimate of drug-likeness (QED) is 0.287. The Bertz CT molecular complexity index is 1630. The van der Waals surface area contributed by atoms with Gasteiger partial charge in [-0.25, -0.2) is 4.98 Å². The minimum atomic E-state index is -1.10. The van der Waals surface area contributed by atoms with E-state index in [1.165, 1.54) is 6.20 Å². The zero-order valence-corrected chi connectivity index (χ0v) is 27.5. The zero-order valence-electron chi connectivity index (χ0n) is 27.5. The minimum Gasteiger partial charge on any atom is -0.404 e. The van der Waals surface area contributed by atoms with Gasteiger partial charge in [-0.15, -0.1) is 0 Å². The summed E-state index contributed by atoms with van der Waals surface area (Å²) >= 11 is 0. The van der Waals surface area contributed by atoms with E-state index in [0.29, 0.717) is 34.9 Å². The number of para-hydroxylation sites is 2. The number of carbonyl (C=O) groups is 3. The van der Waals surface area contributed by atoms with Gasteiger partial charge in [0.05, 0.1) is 34.9 Å². The highest BCUT2D eigenvalue weighted by Gasteiger charge is 2.68. The van der Waals surface area contributed by atoms with E-state index < -0.39 is 36.5 Å². The number of rotatable bonds is 10. The van der Waals surface area contributed by atoms with Crippen molar-refractivity contribution >= 4 is 35.9 Å². The molecule has 4 aliphatic rings. The van der Waals surface area contributed by atoms with Crippen molar-refractivity contribution in [2.24, 2.45) is 23.2 Å². The van der Waals surface area contributed by atoms with Gasteiger partial charge in [0, 0.05) is 12.1 Å². The molecule has 3 aliphatic carbocycles. The highest BCUT2D eigenvalue weighted by Crippen LogP contribution is 2.65. The van der Waals surface area contributed by atoms with Gasteiger partial charge in [0.15, 0.2) is 0 Å². The van der Waals surface area contributed by atoms with Gasteiger partial charge in [0.2, 0.25) is 5.91 Å². The summed E-state index contributed by atoms with van der Waals surface area (Å²) in [6, 6.07) is 13.3. The first-order chi connectivity index (χ1) is 21.8. The number of nitrogens with one attached hydrogen (secondary N) is 3. The third-order valence-electron chi connectivity index (χ3n) is 10.4. The van der Waals surface area contributed by atoms with Gasteiger partial charge < -0.3 is 25.3 Å². The average Bonchev–Trinajstić information content (AvgIpc) is 3.39. The largest absolute Gasteiger partial charge is 0.481 e. The molecule has 11 heteroatoms. The number of carbonyl (C=O) groups excluding carboxylic acids is 3. The van der Waals surface area contributed by atoms with Gasteiger partial charge >= 0.3 is 7.12 Å². The van der Waals surface area contributed by atoms with Crippen LogP contribution in [0.2, 0.25) is 0 Å². The monoisotopic (exact) mass is 625 g/mol.